The van der Waals surface area contributed by atoms with Gasteiger partial charge in [0.1, 0.15) is 5.82 Å². The number of imide groups is 1. The van der Waals surface area contributed by atoms with Crippen LogP contribution in [0.2, 0.25) is 0 Å². The van der Waals surface area contributed by atoms with Gasteiger partial charge in [0.25, 0.3) is 11.1 Å². The Morgan fingerprint density at radius 1 is 1.03 bits per heavy atom. The van der Waals surface area contributed by atoms with E-state index in [0.717, 1.165) is 16.7 Å². The molecule has 1 fully saturated rings. The number of hydrogen-bond donors (Lipinski definition) is 1. The molecule has 0 atom stereocenters. The van der Waals surface area contributed by atoms with Gasteiger partial charge in [-0.2, -0.15) is 0 Å². The summed E-state index contributed by atoms with van der Waals surface area (Å²) in [6, 6.07) is 9.01. The summed E-state index contributed by atoms with van der Waals surface area (Å²) in [5.74, 6) is 0.0363. The topological polar surface area (TPSA) is 94.2 Å². The van der Waals surface area contributed by atoms with Crippen LogP contribution in [0.1, 0.15) is 11.1 Å². The second kappa shape index (κ2) is 11.4. The average molecular weight is 487 g/mol. The zero-order valence-corrected chi connectivity index (χ0v) is 19.6. The maximum absolute atomic E-state index is 12.9. The second-order valence-electron chi connectivity index (χ2n) is 6.97. The van der Waals surface area contributed by atoms with Crippen molar-refractivity contribution in [2.24, 2.45) is 0 Å². The van der Waals surface area contributed by atoms with E-state index in [0.29, 0.717) is 28.4 Å². The van der Waals surface area contributed by atoms with Gasteiger partial charge in [0.2, 0.25) is 11.7 Å². The van der Waals surface area contributed by atoms with E-state index >= 15 is 0 Å². The van der Waals surface area contributed by atoms with E-state index in [9.17, 15) is 18.8 Å². The van der Waals surface area contributed by atoms with Crippen molar-refractivity contribution in [2.45, 2.75) is 0 Å². The number of nitrogens with zero attached hydrogens (tertiary/aromatic N) is 1. The van der Waals surface area contributed by atoms with Crippen molar-refractivity contribution in [1.82, 2.24) is 10.2 Å². The first kappa shape index (κ1) is 24.8. The number of rotatable bonds is 9. The number of nitrogens with one attached hydrogen (secondary N) is 1. The molecule has 0 aliphatic carbocycles. The Morgan fingerprint density at radius 3 is 2.26 bits per heavy atom. The molecule has 3 amide bonds. The second-order valence-corrected chi connectivity index (χ2v) is 7.96. The lowest BCUT2D eigenvalue weighted by atomic mass is 10.1. The molecule has 178 valence electrons. The van der Waals surface area contributed by atoms with Crippen LogP contribution in [0.4, 0.5) is 9.18 Å². The average Bonchev–Trinajstić information content (AvgIpc) is 3.10. The van der Waals surface area contributed by atoms with E-state index in [1.165, 1.54) is 45.6 Å². The Labute approximate surface area is 200 Å². The number of amides is 3. The summed E-state index contributed by atoms with van der Waals surface area (Å²) in [5, 5.41) is 2.19. The van der Waals surface area contributed by atoms with Gasteiger partial charge in [-0.25, -0.2) is 4.39 Å². The van der Waals surface area contributed by atoms with E-state index in [1.807, 2.05) is 0 Å². The van der Waals surface area contributed by atoms with Crippen LogP contribution in [0.15, 0.2) is 47.4 Å². The fraction of sp³-hybridized carbons (Fsp3) is 0.208. The van der Waals surface area contributed by atoms with Gasteiger partial charge in [-0.1, -0.05) is 12.1 Å². The van der Waals surface area contributed by atoms with Crippen molar-refractivity contribution in [3.63, 3.8) is 0 Å². The fourth-order valence-electron chi connectivity index (χ4n) is 3.12. The minimum absolute atomic E-state index is 0.0212. The SMILES string of the molecule is COc1cc(/C=C2/SC(=O)N(CCNC(=O)/C=C/c3ccc(F)cc3)C2=O)cc(OC)c1OC. The Bertz CT molecular complexity index is 1120. The molecular weight excluding hydrogens is 463 g/mol. The Hall–Kier alpha value is -3.79. The maximum Gasteiger partial charge on any atom is 0.293 e. The van der Waals surface area contributed by atoms with Crippen LogP contribution in [0.3, 0.4) is 0 Å². The molecule has 1 aliphatic rings. The van der Waals surface area contributed by atoms with Gasteiger partial charge in [-0.15, -0.1) is 0 Å². The van der Waals surface area contributed by atoms with Crippen LogP contribution >= 0.6 is 11.8 Å². The molecule has 1 aliphatic heterocycles. The lowest BCUT2D eigenvalue weighted by Crippen LogP contribution is -2.36. The van der Waals surface area contributed by atoms with E-state index in [1.54, 1.807) is 30.3 Å². The number of carbonyl (C=O) groups is 3. The number of thioether (sulfide) groups is 1. The molecule has 0 aromatic heterocycles. The zero-order chi connectivity index (χ0) is 24.7. The van der Waals surface area contributed by atoms with Crippen molar-refractivity contribution >= 4 is 41.0 Å². The largest absolute Gasteiger partial charge is 0.493 e. The molecule has 1 heterocycles. The highest BCUT2D eigenvalue weighted by Gasteiger charge is 2.34. The molecule has 1 N–H and O–H groups in total. The molecule has 10 heteroatoms. The first-order chi connectivity index (χ1) is 16.4. The molecule has 2 aromatic carbocycles. The molecule has 0 unspecified atom stereocenters. The normalized spacial score (nSPS) is 14.7. The van der Waals surface area contributed by atoms with E-state index < -0.39 is 17.1 Å². The molecule has 0 saturated carbocycles. The van der Waals surface area contributed by atoms with Crippen LogP contribution in [-0.2, 0) is 9.59 Å². The van der Waals surface area contributed by atoms with Gasteiger partial charge in [0, 0.05) is 19.2 Å². The van der Waals surface area contributed by atoms with Gasteiger partial charge in [-0.3, -0.25) is 19.3 Å². The Morgan fingerprint density at radius 2 is 1.68 bits per heavy atom. The quantitative estimate of drug-likeness (QED) is 0.540. The summed E-state index contributed by atoms with van der Waals surface area (Å²) >= 11 is 0.809. The van der Waals surface area contributed by atoms with E-state index in [4.69, 9.17) is 14.2 Å². The monoisotopic (exact) mass is 486 g/mol. The summed E-state index contributed by atoms with van der Waals surface area (Å²) in [5.41, 5.74) is 1.26. The minimum atomic E-state index is -0.458. The third-order valence-electron chi connectivity index (χ3n) is 4.79. The van der Waals surface area contributed by atoms with Crippen molar-refractivity contribution in [2.75, 3.05) is 34.4 Å². The summed E-state index contributed by atoms with van der Waals surface area (Å²) in [6.07, 6.45) is 4.40. The van der Waals surface area contributed by atoms with Crippen molar-refractivity contribution in [3.05, 3.63) is 64.3 Å². The van der Waals surface area contributed by atoms with Crippen LogP contribution in [0.5, 0.6) is 17.2 Å². The molecule has 2 aromatic rings. The van der Waals surface area contributed by atoms with Crippen molar-refractivity contribution in [3.8, 4) is 17.2 Å². The molecule has 0 radical (unpaired) electrons. The number of halogens is 1. The molecule has 0 spiro atoms. The predicted molar refractivity (Wildman–Crippen MR) is 127 cm³/mol. The summed E-state index contributed by atoms with van der Waals surface area (Å²) < 4.78 is 28.8. The number of carbonyl (C=O) groups excluding carboxylic acids is 3. The van der Waals surface area contributed by atoms with Gasteiger partial charge in [0.05, 0.1) is 26.2 Å². The third kappa shape index (κ3) is 5.96. The number of methoxy groups -OCH3 is 3. The van der Waals surface area contributed by atoms with E-state index in [2.05, 4.69) is 5.32 Å². The number of ether oxygens (including phenoxy) is 3. The standard InChI is InChI=1S/C24H23FN2O6S/c1-31-18-12-16(13-19(32-2)22(18)33-3)14-20-23(29)27(24(30)34-20)11-10-26-21(28)9-6-15-4-7-17(25)8-5-15/h4-9,12-14H,10-11H2,1-3H3,(H,26,28)/b9-6+,20-14+. The van der Waals surface area contributed by atoms with Gasteiger partial charge in [-0.05, 0) is 59.3 Å². The van der Waals surface area contributed by atoms with Gasteiger partial charge >= 0.3 is 0 Å². The Balaban J connectivity index is 1.62. The Kier molecular flexibility index (Phi) is 8.31. The predicted octanol–water partition coefficient (Wildman–Crippen LogP) is 3.72. The minimum Gasteiger partial charge on any atom is -0.493 e. The van der Waals surface area contributed by atoms with Crippen molar-refractivity contribution in [1.29, 1.82) is 0 Å². The number of hydrogen-bond acceptors (Lipinski definition) is 7. The van der Waals surface area contributed by atoms with E-state index in [-0.39, 0.29) is 23.8 Å². The number of benzene rings is 2. The fourth-order valence-corrected chi connectivity index (χ4v) is 3.99. The van der Waals surface area contributed by atoms with Crippen LogP contribution in [0.25, 0.3) is 12.2 Å². The summed E-state index contributed by atoms with van der Waals surface area (Å²) in [6.45, 7) is 0.107. The lowest BCUT2D eigenvalue weighted by Gasteiger charge is -2.13. The zero-order valence-electron chi connectivity index (χ0n) is 18.8. The van der Waals surface area contributed by atoms with Crippen molar-refractivity contribution < 1.29 is 33.0 Å². The van der Waals surface area contributed by atoms with Gasteiger partial charge < -0.3 is 19.5 Å². The smallest absolute Gasteiger partial charge is 0.293 e. The van der Waals surface area contributed by atoms with Crippen LogP contribution < -0.4 is 19.5 Å². The van der Waals surface area contributed by atoms with Crippen LogP contribution in [0, 0.1) is 5.82 Å². The molecule has 34 heavy (non-hydrogen) atoms. The molecule has 0 bridgehead atoms. The first-order valence-electron chi connectivity index (χ1n) is 10.1. The molecular formula is C24H23FN2O6S. The van der Waals surface area contributed by atoms with Crippen LogP contribution in [-0.4, -0.2) is 56.4 Å². The molecule has 3 rings (SSSR count). The summed E-state index contributed by atoms with van der Waals surface area (Å²) in [4.78, 5) is 38.4. The lowest BCUT2D eigenvalue weighted by molar-refractivity contribution is -0.123. The first-order valence-corrected chi connectivity index (χ1v) is 10.9. The third-order valence-corrected chi connectivity index (χ3v) is 5.70. The van der Waals surface area contributed by atoms with Gasteiger partial charge in [0.15, 0.2) is 11.5 Å². The highest BCUT2D eigenvalue weighted by atomic mass is 32.2. The highest BCUT2D eigenvalue weighted by molar-refractivity contribution is 8.18. The molecule has 8 nitrogen and oxygen atoms in total. The summed E-state index contributed by atoms with van der Waals surface area (Å²) in [7, 11) is 4.46. The molecule has 1 saturated heterocycles. The highest BCUT2D eigenvalue weighted by Crippen LogP contribution is 2.40. The maximum atomic E-state index is 12.9.